The van der Waals surface area contributed by atoms with E-state index in [1.165, 1.54) is 6.39 Å². The van der Waals surface area contributed by atoms with Gasteiger partial charge in [-0.15, -0.1) is 0 Å². The minimum Gasteiger partial charge on any atom is -0.443 e. The number of oxazole rings is 1. The van der Waals surface area contributed by atoms with Crippen molar-refractivity contribution in [2.45, 2.75) is 6.61 Å². The van der Waals surface area contributed by atoms with Gasteiger partial charge in [-0.05, 0) is 40.8 Å². The van der Waals surface area contributed by atoms with Crippen molar-refractivity contribution in [3.63, 3.8) is 0 Å². The average Bonchev–Trinajstić information content (AvgIpc) is 2.69. The first-order valence-electron chi connectivity index (χ1n) is 4.21. The highest BCUT2D eigenvalue weighted by Crippen LogP contribution is 2.31. The third-order valence-corrected chi connectivity index (χ3v) is 3.33. The average molecular weight is 380 g/mol. The summed E-state index contributed by atoms with van der Waals surface area (Å²) in [5.41, 5.74) is 1.46. The molecule has 3 nitrogen and oxygen atoms in total. The molecule has 0 aliphatic heterocycles. The number of hydrogen-bond acceptors (Lipinski definition) is 3. The van der Waals surface area contributed by atoms with Crippen molar-refractivity contribution < 1.29 is 9.52 Å². The van der Waals surface area contributed by atoms with Crippen molar-refractivity contribution in [3.8, 4) is 11.3 Å². The summed E-state index contributed by atoms with van der Waals surface area (Å²) >= 11 is 5.67. The Hall–Kier alpha value is -0.400. The van der Waals surface area contributed by atoms with Crippen molar-refractivity contribution in [1.82, 2.24) is 4.98 Å². The lowest BCUT2D eigenvalue weighted by Crippen LogP contribution is -1.88. The summed E-state index contributed by atoms with van der Waals surface area (Å²) in [6, 6.07) is 5.91. The Morgan fingerprint density at radius 3 is 3.00 bits per heavy atom. The molecule has 0 fully saturated rings. The molecule has 15 heavy (non-hydrogen) atoms. The summed E-state index contributed by atoms with van der Waals surface area (Å²) in [5.74, 6) is 0.614. The molecule has 0 saturated carbocycles. The molecule has 0 radical (unpaired) electrons. The van der Waals surface area contributed by atoms with E-state index in [1.54, 1.807) is 0 Å². The van der Waals surface area contributed by atoms with Crippen LogP contribution in [0.1, 0.15) is 5.69 Å². The van der Waals surface area contributed by atoms with E-state index in [4.69, 9.17) is 9.52 Å². The van der Waals surface area contributed by atoms with E-state index >= 15 is 0 Å². The van der Waals surface area contributed by atoms with Crippen LogP contribution in [0.5, 0.6) is 0 Å². The van der Waals surface area contributed by atoms with Gasteiger partial charge in [-0.3, -0.25) is 0 Å². The Balaban J connectivity index is 2.58. The predicted octanol–water partition coefficient (Wildman–Crippen LogP) is 3.20. The summed E-state index contributed by atoms with van der Waals surface area (Å²) in [6.07, 6.45) is 1.34. The SMILES string of the molecule is OCc1ncoc1-c1cc(I)ccc1Br. The van der Waals surface area contributed by atoms with Crippen molar-refractivity contribution in [1.29, 1.82) is 0 Å². The number of hydrogen-bond donors (Lipinski definition) is 1. The molecule has 0 unspecified atom stereocenters. The van der Waals surface area contributed by atoms with Gasteiger partial charge in [-0.25, -0.2) is 4.98 Å². The summed E-state index contributed by atoms with van der Waals surface area (Å²) in [6.45, 7) is -0.121. The summed E-state index contributed by atoms with van der Waals surface area (Å²) in [7, 11) is 0. The van der Waals surface area contributed by atoms with E-state index in [2.05, 4.69) is 43.5 Å². The normalized spacial score (nSPS) is 10.6. The zero-order valence-electron chi connectivity index (χ0n) is 7.58. The third kappa shape index (κ3) is 2.24. The van der Waals surface area contributed by atoms with Gasteiger partial charge in [0.25, 0.3) is 0 Å². The molecule has 0 aliphatic carbocycles. The van der Waals surface area contributed by atoms with E-state index in [-0.39, 0.29) is 6.61 Å². The lowest BCUT2D eigenvalue weighted by atomic mass is 10.1. The van der Waals surface area contributed by atoms with Crippen molar-refractivity contribution in [2.75, 3.05) is 0 Å². The Kier molecular flexibility index (Phi) is 3.42. The van der Waals surface area contributed by atoms with Gasteiger partial charge in [0.1, 0.15) is 5.69 Å². The van der Waals surface area contributed by atoms with Crippen LogP contribution in [0, 0.1) is 3.57 Å². The molecule has 1 N–H and O–H groups in total. The largest absolute Gasteiger partial charge is 0.443 e. The molecular formula is C10H7BrINO2. The zero-order valence-corrected chi connectivity index (χ0v) is 11.3. The fourth-order valence-electron chi connectivity index (χ4n) is 1.27. The first-order valence-corrected chi connectivity index (χ1v) is 6.08. The summed E-state index contributed by atoms with van der Waals surface area (Å²) in [5, 5.41) is 9.09. The van der Waals surface area contributed by atoms with Gasteiger partial charge in [0.2, 0.25) is 0 Å². The lowest BCUT2D eigenvalue weighted by Gasteiger charge is -2.02. The van der Waals surface area contributed by atoms with Crippen molar-refractivity contribution in [3.05, 3.63) is 38.3 Å². The smallest absolute Gasteiger partial charge is 0.181 e. The predicted molar refractivity (Wildman–Crippen MR) is 68.3 cm³/mol. The molecule has 0 amide bonds. The second-order valence-electron chi connectivity index (χ2n) is 2.91. The standard InChI is InChI=1S/C10H7BrINO2/c11-8-2-1-6(12)3-7(8)10-9(4-14)13-5-15-10/h1-3,5,14H,4H2. The highest BCUT2D eigenvalue weighted by Gasteiger charge is 2.13. The molecule has 0 saturated heterocycles. The molecule has 2 aromatic rings. The highest BCUT2D eigenvalue weighted by atomic mass is 127. The Morgan fingerprint density at radius 1 is 1.47 bits per heavy atom. The lowest BCUT2D eigenvalue weighted by molar-refractivity contribution is 0.277. The number of benzene rings is 1. The number of rotatable bonds is 2. The van der Waals surface area contributed by atoms with Crippen LogP contribution in [-0.4, -0.2) is 10.1 Å². The van der Waals surface area contributed by atoms with E-state index in [1.807, 2.05) is 18.2 Å². The number of aliphatic hydroxyl groups excluding tert-OH is 1. The Morgan fingerprint density at radius 2 is 2.27 bits per heavy atom. The van der Waals surface area contributed by atoms with E-state index in [0.29, 0.717) is 11.5 Å². The van der Waals surface area contributed by atoms with Crippen molar-refractivity contribution >= 4 is 38.5 Å². The van der Waals surface area contributed by atoms with Gasteiger partial charge in [0.05, 0.1) is 6.61 Å². The maximum Gasteiger partial charge on any atom is 0.181 e. The summed E-state index contributed by atoms with van der Waals surface area (Å²) < 4.78 is 7.30. The minimum atomic E-state index is -0.121. The maximum atomic E-state index is 9.09. The Labute approximate surface area is 109 Å². The van der Waals surface area contributed by atoms with Crippen LogP contribution in [0.25, 0.3) is 11.3 Å². The third-order valence-electron chi connectivity index (χ3n) is 1.96. The molecule has 1 aromatic heterocycles. The fraction of sp³-hybridized carbons (Fsp3) is 0.100. The minimum absolute atomic E-state index is 0.121. The molecule has 0 atom stereocenters. The first kappa shape index (κ1) is 11.1. The molecule has 1 aromatic carbocycles. The molecule has 0 aliphatic rings. The van der Waals surface area contributed by atoms with Gasteiger partial charge in [-0.1, -0.05) is 15.9 Å². The van der Waals surface area contributed by atoms with Crippen LogP contribution in [0.3, 0.4) is 0 Å². The topological polar surface area (TPSA) is 46.3 Å². The van der Waals surface area contributed by atoms with Crippen LogP contribution in [0.4, 0.5) is 0 Å². The van der Waals surface area contributed by atoms with Gasteiger partial charge >= 0.3 is 0 Å². The zero-order chi connectivity index (χ0) is 10.8. The van der Waals surface area contributed by atoms with Gasteiger partial charge < -0.3 is 9.52 Å². The number of halogens is 2. The molecule has 0 bridgehead atoms. The Bertz CT molecular complexity index is 484. The number of aromatic nitrogens is 1. The molecule has 5 heteroatoms. The second-order valence-corrected chi connectivity index (χ2v) is 5.01. The van der Waals surface area contributed by atoms with Gasteiger partial charge in [0.15, 0.2) is 12.2 Å². The van der Waals surface area contributed by atoms with Crippen LogP contribution < -0.4 is 0 Å². The molecule has 78 valence electrons. The quantitative estimate of drug-likeness (QED) is 0.815. The van der Waals surface area contributed by atoms with Crippen LogP contribution in [0.2, 0.25) is 0 Å². The van der Waals surface area contributed by atoms with Crippen molar-refractivity contribution in [2.24, 2.45) is 0 Å². The molecular weight excluding hydrogens is 373 g/mol. The van der Waals surface area contributed by atoms with E-state index in [9.17, 15) is 0 Å². The number of nitrogens with zero attached hydrogens (tertiary/aromatic N) is 1. The molecule has 0 spiro atoms. The first-order chi connectivity index (χ1) is 7.22. The maximum absolute atomic E-state index is 9.09. The van der Waals surface area contributed by atoms with Crippen LogP contribution in [0.15, 0.2) is 33.5 Å². The van der Waals surface area contributed by atoms with Gasteiger partial charge in [0, 0.05) is 13.6 Å². The number of aliphatic hydroxyl groups is 1. The summed E-state index contributed by atoms with van der Waals surface area (Å²) in [4.78, 5) is 3.94. The molecule has 1 heterocycles. The fourth-order valence-corrected chi connectivity index (χ4v) is 2.19. The second kappa shape index (κ2) is 4.63. The highest BCUT2D eigenvalue weighted by molar-refractivity contribution is 14.1. The van der Waals surface area contributed by atoms with Crippen LogP contribution >= 0.6 is 38.5 Å². The van der Waals surface area contributed by atoms with E-state index in [0.717, 1.165) is 13.6 Å². The van der Waals surface area contributed by atoms with E-state index < -0.39 is 0 Å². The molecule has 2 rings (SSSR count). The van der Waals surface area contributed by atoms with Crippen LogP contribution in [-0.2, 0) is 6.61 Å². The van der Waals surface area contributed by atoms with Gasteiger partial charge in [-0.2, -0.15) is 0 Å². The monoisotopic (exact) mass is 379 g/mol.